The molecule has 5 amide bonds. The van der Waals surface area contributed by atoms with Gasteiger partial charge in [0, 0.05) is 27.1 Å². The van der Waals surface area contributed by atoms with Crippen molar-refractivity contribution in [3.8, 4) is 0 Å². The summed E-state index contributed by atoms with van der Waals surface area (Å²) in [4.78, 5) is 53.6. The minimum Gasteiger partial charge on any atom is -0.372 e. The van der Waals surface area contributed by atoms with Gasteiger partial charge in [-0.2, -0.15) is 0 Å². The Bertz CT molecular complexity index is 1220. The second-order valence-electron chi connectivity index (χ2n) is 8.94. The minimum atomic E-state index is -1.75. The number of hydrogen-bond donors (Lipinski definition) is 2. The van der Waals surface area contributed by atoms with Crippen LogP contribution in [0.1, 0.15) is 29.9 Å². The normalized spacial score (nSPS) is 26.0. The maximum absolute atomic E-state index is 15.9. The molecule has 1 aromatic heterocycles. The first-order valence-electron chi connectivity index (χ1n) is 10.5. The number of hydrogen-bond acceptors (Lipinski definition) is 8. The summed E-state index contributed by atoms with van der Waals surface area (Å²) in [5.74, 6) is -2.78. The van der Waals surface area contributed by atoms with Gasteiger partial charge in [0.05, 0.1) is 29.3 Å². The number of anilines is 1. The third kappa shape index (κ3) is 2.79. The zero-order chi connectivity index (χ0) is 23.8. The third-order valence-corrected chi connectivity index (χ3v) is 6.57. The van der Waals surface area contributed by atoms with Crippen LogP contribution in [0.15, 0.2) is 10.6 Å². The first-order chi connectivity index (χ1) is 15.6. The summed E-state index contributed by atoms with van der Waals surface area (Å²) >= 11 is 0. The molecular weight excluding hydrogens is 437 g/mol. The number of fused-ring (bicyclic) bond motifs is 5. The number of barbiturate groups is 1. The molecule has 2 N–H and O–H groups in total. The minimum absolute atomic E-state index is 0.0793. The number of ether oxygens (including phenoxy) is 1. The number of aromatic nitrogens is 1. The second kappa shape index (κ2) is 6.98. The summed E-state index contributed by atoms with van der Waals surface area (Å²) in [6.45, 7) is 3.70. The van der Waals surface area contributed by atoms with Crippen LogP contribution in [0.3, 0.4) is 0 Å². The van der Waals surface area contributed by atoms with Gasteiger partial charge in [0.2, 0.25) is 17.4 Å². The van der Waals surface area contributed by atoms with Gasteiger partial charge in [0.1, 0.15) is 0 Å². The molecule has 3 aliphatic rings. The molecule has 174 valence electrons. The van der Waals surface area contributed by atoms with Crippen LogP contribution in [-0.2, 0) is 20.7 Å². The van der Waals surface area contributed by atoms with Crippen molar-refractivity contribution in [1.29, 1.82) is 0 Å². The van der Waals surface area contributed by atoms with Crippen molar-refractivity contribution >= 4 is 40.4 Å². The smallest absolute Gasteiger partial charge is 0.328 e. The standard InChI is InChI=1S/C21H22FN5O6/c1-8-7-27-14-10(5-11-13(17(28)26(3)4)25-33-15(11)12(14)22)6-21(16(27)9(2)32-8)18(29)23-20(31)24-19(21)30/h5,8-9,16H,6-7H2,1-4H3,(H2,23,24,29,30,31)/t8-,9+,16-/m0/s1. The molecular formula is C21H22FN5O6. The van der Waals surface area contributed by atoms with E-state index in [2.05, 4.69) is 15.8 Å². The molecule has 5 rings (SSSR count). The molecule has 4 heterocycles. The summed E-state index contributed by atoms with van der Waals surface area (Å²) in [6.07, 6.45) is -1.17. The average Bonchev–Trinajstić information content (AvgIpc) is 3.14. The molecule has 1 spiro atoms. The lowest BCUT2D eigenvalue weighted by Crippen LogP contribution is -2.75. The zero-order valence-corrected chi connectivity index (χ0v) is 18.4. The third-order valence-electron chi connectivity index (χ3n) is 6.57. The summed E-state index contributed by atoms with van der Waals surface area (Å²) < 4.78 is 27.0. The van der Waals surface area contributed by atoms with Crippen LogP contribution >= 0.6 is 0 Å². The lowest BCUT2D eigenvalue weighted by atomic mass is 9.66. The van der Waals surface area contributed by atoms with Gasteiger partial charge in [-0.3, -0.25) is 25.0 Å². The maximum Gasteiger partial charge on any atom is 0.328 e. The Morgan fingerprint density at radius 2 is 1.91 bits per heavy atom. The fourth-order valence-corrected chi connectivity index (χ4v) is 5.31. The molecule has 0 unspecified atom stereocenters. The summed E-state index contributed by atoms with van der Waals surface area (Å²) in [5, 5.41) is 8.27. The number of benzene rings is 1. The molecule has 3 atom stereocenters. The molecule has 2 aromatic rings. The van der Waals surface area contributed by atoms with Crippen LogP contribution in [0.25, 0.3) is 11.0 Å². The highest BCUT2D eigenvalue weighted by molar-refractivity contribution is 6.20. The van der Waals surface area contributed by atoms with Crippen molar-refractivity contribution in [3.63, 3.8) is 0 Å². The number of carbonyl (C=O) groups is 4. The summed E-state index contributed by atoms with van der Waals surface area (Å²) in [5.41, 5.74) is -1.52. The van der Waals surface area contributed by atoms with Crippen LogP contribution in [0.2, 0.25) is 0 Å². The van der Waals surface area contributed by atoms with Gasteiger partial charge in [0.15, 0.2) is 16.9 Å². The molecule has 33 heavy (non-hydrogen) atoms. The number of rotatable bonds is 1. The number of morpholine rings is 1. The Morgan fingerprint density at radius 1 is 1.24 bits per heavy atom. The molecule has 2 fully saturated rings. The average molecular weight is 459 g/mol. The Morgan fingerprint density at radius 3 is 2.55 bits per heavy atom. The van der Waals surface area contributed by atoms with Crippen LogP contribution in [0.5, 0.6) is 0 Å². The highest BCUT2D eigenvalue weighted by atomic mass is 19.1. The largest absolute Gasteiger partial charge is 0.372 e. The number of nitrogens with zero attached hydrogens (tertiary/aromatic N) is 3. The van der Waals surface area contributed by atoms with Crippen LogP contribution in [0, 0.1) is 11.2 Å². The van der Waals surface area contributed by atoms with Gasteiger partial charge >= 0.3 is 6.03 Å². The topological polar surface area (TPSA) is 134 Å². The Labute approximate surface area is 187 Å². The summed E-state index contributed by atoms with van der Waals surface area (Å²) in [7, 11) is 3.06. The molecule has 2 saturated heterocycles. The predicted octanol–water partition coefficient (Wildman–Crippen LogP) is 0.559. The van der Waals surface area contributed by atoms with Crippen LogP contribution < -0.4 is 15.5 Å². The van der Waals surface area contributed by atoms with Crippen LogP contribution in [0.4, 0.5) is 14.9 Å². The van der Waals surface area contributed by atoms with E-state index in [9.17, 15) is 19.2 Å². The van der Waals surface area contributed by atoms with E-state index in [0.29, 0.717) is 5.56 Å². The Balaban J connectivity index is 1.77. The van der Waals surface area contributed by atoms with Crippen molar-refractivity contribution in [2.45, 2.75) is 38.5 Å². The number of carbonyl (C=O) groups excluding carboxylic acids is 4. The first kappa shape index (κ1) is 21.3. The molecule has 11 nitrogen and oxygen atoms in total. The fraction of sp³-hybridized carbons (Fsp3) is 0.476. The highest BCUT2D eigenvalue weighted by Crippen LogP contribution is 2.49. The zero-order valence-electron chi connectivity index (χ0n) is 18.4. The fourth-order valence-electron chi connectivity index (χ4n) is 5.31. The maximum atomic E-state index is 15.9. The number of nitrogens with one attached hydrogen (secondary N) is 2. The number of halogens is 1. The Hall–Kier alpha value is -3.54. The summed E-state index contributed by atoms with van der Waals surface area (Å²) in [6, 6.07) is -0.266. The molecule has 0 bridgehead atoms. The van der Waals surface area contributed by atoms with Gasteiger partial charge < -0.3 is 19.1 Å². The van der Waals surface area contributed by atoms with Gasteiger partial charge in [-0.05, 0) is 25.5 Å². The molecule has 0 aliphatic carbocycles. The molecule has 0 saturated carbocycles. The van der Waals surface area contributed by atoms with Gasteiger partial charge in [0.25, 0.3) is 5.91 Å². The van der Waals surface area contributed by atoms with Crippen molar-refractivity contribution < 1.29 is 32.8 Å². The van der Waals surface area contributed by atoms with Crippen molar-refractivity contribution in [3.05, 3.63) is 23.1 Å². The van der Waals surface area contributed by atoms with E-state index < -0.39 is 47.1 Å². The number of imide groups is 2. The van der Waals surface area contributed by atoms with E-state index in [4.69, 9.17) is 9.26 Å². The van der Waals surface area contributed by atoms with Crippen molar-refractivity contribution in [2.75, 3.05) is 25.5 Å². The van der Waals surface area contributed by atoms with E-state index in [1.165, 1.54) is 25.1 Å². The SMILES string of the molecule is C[C@H]1CN2c3c(cc4c(C(=O)N(C)C)noc4c3F)CC3(C(=O)NC(=O)NC3=O)[C@@H]2[C@@H](C)O1. The van der Waals surface area contributed by atoms with Gasteiger partial charge in [-0.15, -0.1) is 0 Å². The van der Waals surface area contributed by atoms with Gasteiger partial charge in [-0.1, -0.05) is 5.16 Å². The number of amides is 5. The lowest BCUT2D eigenvalue weighted by Gasteiger charge is -2.55. The highest BCUT2D eigenvalue weighted by Gasteiger charge is 2.63. The molecule has 1 aromatic carbocycles. The Kier molecular flexibility index (Phi) is 4.51. The predicted molar refractivity (Wildman–Crippen MR) is 111 cm³/mol. The van der Waals surface area contributed by atoms with Crippen molar-refractivity contribution in [2.24, 2.45) is 5.41 Å². The van der Waals surface area contributed by atoms with Crippen LogP contribution in [-0.4, -0.2) is 72.7 Å². The molecule has 12 heteroatoms. The van der Waals surface area contributed by atoms with Gasteiger partial charge in [-0.25, -0.2) is 9.18 Å². The lowest BCUT2D eigenvalue weighted by molar-refractivity contribution is -0.153. The molecule has 3 aliphatic heterocycles. The monoisotopic (exact) mass is 459 g/mol. The first-order valence-corrected chi connectivity index (χ1v) is 10.5. The van der Waals surface area contributed by atoms with E-state index >= 15 is 4.39 Å². The quantitative estimate of drug-likeness (QED) is 0.591. The van der Waals surface area contributed by atoms with E-state index in [1.807, 2.05) is 0 Å². The molecule has 0 radical (unpaired) electrons. The number of urea groups is 1. The van der Waals surface area contributed by atoms with E-state index in [-0.39, 0.29) is 41.4 Å². The second-order valence-corrected chi connectivity index (χ2v) is 8.94. The van der Waals surface area contributed by atoms with Crippen molar-refractivity contribution in [1.82, 2.24) is 20.7 Å². The van der Waals surface area contributed by atoms with E-state index in [0.717, 1.165) is 0 Å². The van der Waals surface area contributed by atoms with E-state index in [1.54, 1.807) is 18.7 Å².